The second-order valence-electron chi connectivity index (χ2n) is 4.47. The van der Waals surface area contributed by atoms with E-state index in [1.807, 2.05) is 30.3 Å². The van der Waals surface area contributed by atoms with Crippen molar-refractivity contribution in [1.82, 2.24) is 0 Å². The molecule has 100 valence electrons. The molecule has 0 amide bonds. The van der Waals surface area contributed by atoms with Gasteiger partial charge < -0.3 is 4.74 Å². The topological polar surface area (TPSA) is 9.23 Å². The van der Waals surface area contributed by atoms with Crippen molar-refractivity contribution in [2.75, 3.05) is 7.11 Å². The van der Waals surface area contributed by atoms with Crippen LogP contribution in [-0.4, -0.2) is 7.11 Å². The van der Waals surface area contributed by atoms with Gasteiger partial charge in [0.25, 0.3) is 0 Å². The maximum absolute atomic E-state index is 14.8. The summed E-state index contributed by atoms with van der Waals surface area (Å²) in [5.41, 5.74) is 1.03. The van der Waals surface area contributed by atoms with Crippen molar-refractivity contribution >= 4 is 22.4 Å². The van der Waals surface area contributed by atoms with Crippen molar-refractivity contribution in [3.8, 4) is 16.9 Å². The van der Waals surface area contributed by atoms with E-state index in [4.69, 9.17) is 16.3 Å². The van der Waals surface area contributed by atoms with Gasteiger partial charge in [-0.15, -0.1) is 0 Å². The predicted octanol–water partition coefficient (Wildman–Crippen LogP) is 5.31. The molecule has 0 bridgehead atoms. The van der Waals surface area contributed by atoms with Crippen LogP contribution in [0.15, 0.2) is 54.6 Å². The van der Waals surface area contributed by atoms with E-state index in [-0.39, 0.29) is 5.82 Å². The van der Waals surface area contributed by atoms with Gasteiger partial charge in [-0.2, -0.15) is 0 Å². The number of methoxy groups -OCH3 is 1. The Balaban J connectivity index is 2.36. The number of ether oxygens (including phenoxy) is 1. The van der Waals surface area contributed by atoms with Gasteiger partial charge in [0.15, 0.2) is 0 Å². The summed E-state index contributed by atoms with van der Waals surface area (Å²) in [5, 5.41) is 1.72. The summed E-state index contributed by atoms with van der Waals surface area (Å²) >= 11 is 6.28. The van der Waals surface area contributed by atoms with E-state index in [0.717, 1.165) is 5.39 Å². The van der Waals surface area contributed by atoms with Crippen molar-refractivity contribution in [2.24, 2.45) is 0 Å². The molecular formula is C17H12ClFO. The lowest BCUT2D eigenvalue weighted by Gasteiger charge is -2.12. The van der Waals surface area contributed by atoms with Gasteiger partial charge in [-0.25, -0.2) is 4.39 Å². The zero-order valence-electron chi connectivity index (χ0n) is 10.9. The number of benzene rings is 3. The summed E-state index contributed by atoms with van der Waals surface area (Å²) in [4.78, 5) is 0. The van der Waals surface area contributed by atoms with Gasteiger partial charge in [-0.3, -0.25) is 0 Å². The summed E-state index contributed by atoms with van der Waals surface area (Å²) in [6.45, 7) is 0. The lowest BCUT2D eigenvalue weighted by atomic mass is 9.99. The van der Waals surface area contributed by atoms with Crippen LogP contribution >= 0.6 is 11.6 Å². The molecule has 1 nitrogen and oxygen atoms in total. The number of hydrogen-bond acceptors (Lipinski definition) is 1. The Morgan fingerprint density at radius 1 is 1.00 bits per heavy atom. The molecule has 0 aromatic heterocycles. The third-order valence-electron chi connectivity index (χ3n) is 3.31. The highest BCUT2D eigenvalue weighted by atomic mass is 35.5. The Kier molecular flexibility index (Phi) is 3.33. The highest BCUT2D eigenvalue weighted by molar-refractivity contribution is 6.34. The summed E-state index contributed by atoms with van der Waals surface area (Å²) in [6.07, 6.45) is 0. The van der Waals surface area contributed by atoms with Crippen LogP contribution in [-0.2, 0) is 0 Å². The number of rotatable bonds is 2. The zero-order valence-corrected chi connectivity index (χ0v) is 11.6. The van der Waals surface area contributed by atoms with Gasteiger partial charge in [-0.05, 0) is 17.5 Å². The summed E-state index contributed by atoms with van der Waals surface area (Å²) in [6, 6.07) is 16.3. The first kappa shape index (κ1) is 12.9. The molecule has 0 atom stereocenters. The number of fused-ring (bicyclic) bond motifs is 1. The van der Waals surface area contributed by atoms with Crippen molar-refractivity contribution in [3.63, 3.8) is 0 Å². The normalized spacial score (nSPS) is 10.8. The molecular weight excluding hydrogens is 275 g/mol. The lowest BCUT2D eigenvalue weighted by molar-refractivity contribution is 0.416. The van der Waals surface area contributed by atoms with E-state index < -0.39 is 0 Å². The Bertz CT molecular complexity index is 783. The van der Waals surface area contributed by atoms with E-state index in [1.165, 1.54) is 0 Å². The molecule has 0 spiro atoms. The third-order valence-corrected chi connectivity index (χ3v) is 3.61. The Morgan fingerprint density at radius 3 is 2.50 bits per heavy atom. The van der Waals surface area contributed by atoms with Crippen molar-refractivity contribution in [1.29, 1.82) is 0 Å². The largest absolute Gasteiger partial charge is 0.496 e. The molecule has 0 aliphatic rings. The highest BCUT2D eigenvalue weighted by Crippen LogP contribution is 2.39. The van der Waals surface area contributed by atoms with Gasteiger partial charge in [0.1, 0.15) is 11.6 Å². The molecule has 0 heterocycles. The van der Waals surface area contributed by atoms with Crippen LogP contribution in [0.3, 0.4) is 0 Å². The van der Waals surface area contributed by atoms with E-state index in [1.54, 1.807) is 31.4 Å². The Hall–Kier alpha value is -2.06. The third kappa shape index (κ3) is 2.02. The maximum atomic E-state index is 14.8. The summed E-state index contributed by atoms with van der Waals surface area (Å²) in [7, 11) is 1.56. The SMILES string of the molecule is COc1ccccc1-c1c(Cl)cc2ccccc2c1F. The minimum absolute atomic E-state index is 0.322. The van der Waals surface area contributed by atoms with Crippen molar-refractivity contribution < 1.29 is 9.13 Å². The smallest absolute Gasteiger partial charge is 0.140 e. The molecule has 0 radical (unpaired) electrons. The van der Waals surface area contributed by atoms with E-state index >= 15 is 0 Å². The van der Waals surface area contributed by atoms with Crippen LogP contribution in [0.25, 0.3) is 21.9 Å². The second kappa shape index (κ2) is 5.14. The zero-order chi connectivity index (χ0) is 14.1. The van der Waals surface area contributed by atoms with Crippen molar-refractivity contribution in [3.05, 3.63) is 65.4 Å². The minimum atomic E-state index is -0.322. The quantitative estimate of drug-likeness (QED) is 0.620. The van der Waals surface area contributed by atoms with Gasteiger partial charge in [-0.1, -0.05) is 54.1 Å². The molecule has 0 aliphatic carbocycles. The van der Waals surface area contributed by atoms with Crippen LogP contribution in [0.1, 0.15) is 0 Å². The molecule has 0 fully saturated rings. The first-order valence-corrected chi connectivity index (χ1v) is 6.60. The fourth-order valence-electron chi connectivity index (χ4n) is 2.37. The van der Waals surface area contributed by atoms with Gasteiger partial charge in [0.05, 0.1) is 12.1 Å². The van der Waals surface area contributed by atoms with Gasteiger partial charge in [0, 0.05) is 16.5 Å². The molecule has 0 aliphatic heterocycles. The summed E-state index contributed by atoms with van der Waals surface area (Å²) < 4.78 is 20.1. The average molecular weight is 287 g/mol. The monoisotopic (exact) mass is 286 g/mol. The maximum Gasteiger partial charge on any atom is 0.140 e. The van der Waals surface area contributed by atoms with E-state index in [9.17, 15) is 4.39 Å². The molecule has 0 N–H and O–H groups in total. The minimum Gasteiger partial charge on any atom is -0.496 e. The van der Waals surface area contributed by atoms with Crippen LogP contribution in [0.4, 0.5) is 4.39 Å². The average Bonchev–Trinajstić information content (AvgIpc) is 2.48. The molecule has 0 saturated heterocycles. The first-order valence-electron chi connectivity index (χ1n) is 6.22. The number of halogens is 2. The first-order chi connectivity index (χ1) is 9.72. The molecule has 20 heavy (non-hydrogen) atoms. The fraction of sp³-hybridized carbons (Fsp3) is 0.0588. The standard InChI is InChI=1S/C17H12ClFO/c1-20-15-9-5-4-8-13(15)16-14(18)10-11-6-2-3-7-12(11)17(16)19/h2-10H,1H3. The molecule has 0 unspecified atom stereocenters. The van der Waals surface area contributed by atoms with Crippen molar-refractivity contribution in [2.45, 2.75) is 0 Å². The Labute approximate surface area is 121 Å². The molecule has 3 aromatic carbocycles. The number of hydrogen-bond donors (Lipinski definition) is 0. The van der Waals surface area contributed by atoms with Gasteiger partial charge >= 0.3 is 0 Å². The molecule has 3 heteroatoms. The van der Waals surface area contributed by atoms with Crippen LogP contribution in [0, 0.1) is 5.82 Å². The molecule has 0 saturated carbocycles. The lowest BCUT2D eigenvalue weighted by Crippen LogP contribution is -1.92. The Morgan fingerprint density at radius 2 is 1.70 bits per heavy atom. The summed E-state index contributed by atoms with van der Waals surface area (Å²) in [5.74, 6) is 0.279. The van der Waals surface area contributed by atoms with E-state index in [2.05, 4.69) is 0 Å². The van der Waals surface area contributed by atoms with Crippen LogP contribution < -0.4 is 4.74 Å². The second-order valence-corrected chi connectivity index (χ2v) is 4.88. The van der Waals surface area contributed by atoms with Crippen LogP contribution in [0.5, 0.6) is 5.75 Å². The van der Waals surface area contributed by atoms with Crippen LogP contribution in [0.2, 0.25) is 5.02 Å². The predicted molar refractivity (Wildman–Crippen MR) is 80.9 cm³/mol. The highest BCUT2D eigenvalue weighted by Gasteiger charge is 2.16. The fourth-order valence-corrected chi connectivity index (χ4v) is 2.67. The molecule has 3 rings (SSSR count). The van der Waals surface area contributed by atoms with E-state index in [0.29, 0.717) is 27.3 Å². The number of para-hydroxylation sites is 1. The molecule has 3 aromatic rings. The van der Waals surface area contributed by atoms with Gasteiger partial charge in [0.2, 0.25) is 0 Å².